The predicted molar refractivity (Wildman–Crippen MR) is 106 cm³/mol. The summed E-state index contributed by atoms with van der Waals surface area (Å²) in [7, 11) is 0. The molecule has 0 aliphatic heterocycles. The summed E-state index contributed by atoms with van der Waals surface area (Å²) in [6, 6.07) is 3.91. The Kier molecular flexibility index (Phi) is 6.33. The van der Waals surface area contributed by atoms with Gasteiger partial charge in [-0.25, -0.2) is 0 Å². The normalized spacial score (nSPS) is 18.9. The molecule has 2 aliphatic rings. The van der Waals surface area contributed by atoms with Gasteiger partial charge in [-0.2, -0.15) is 0 Å². The molecule has 0 radical (unpaired) electrons. The fourth-order valence-electron chi connectivity index (χ4n) is 4.00. The summed E-state index contributed by atoms with van der Waals surface area (Å²) in [4.78, 5) is 10.5. The Morgan fingerprint density at radius 1 is 0.889 bits per heavy atom. The summed E-state index contributed by atoms with van der Waals surface area (Å²) in [5, 5.41) is 20.7. The van der Waals surface area contributed by atoms with Crippen molar-refractivity contribution in [3.63, 3.8) is 0 Å². The zero-order valence-electron chi connectivity index (χ0n) is 16.6. The molecule has 0 bridgehead atoms. The van der Waals surface area contributed by atoms with E-state index in [0.717, 1.165) is 62.5 Å². The lowest BCUT2D eigenvalue weighted by Gasteiger charge is -2.14. The monoisotopic (exact) mass is 374 g/mol. The van der Waals surface area contributed by atoms with Gasteiger partial charge in [-0.1, -0.05) is 31.9 Å². The summed E-state index contributed by atoms with van der Waals surface area (Å²) >= 11 is 0. The molecular formula is C23H34O4. The first-order chi connectivity index (χ1) is 13.0. The molecule has 3 rings (SSSR count). The summed E-state index contributed by atoms with van der Waals surface area (Å²) in [6.45, 7) is 2.93. The summed E-state index contributed by atoms with van der Waals surface area (Å²) < 4.78 is 5.16. The van der Waals surface area contributed by atoms with E-state index in [1.54, 1.807) is 0 Å². The van der Waals surface area contributed by atoms with Gasteiger partial charge in [0.25, 0.3) is 6.47 Å². The second kappa shape index (κ2) is 8.53. The number of hydrogen-bond acceptors (Lipinski definition) is 4. The molecule has 1 aromatic carbocycles. The molecule has 0 saturated heterocycles. The van der Waals surface area contributed by atoms with Crippen molar-refractivity contribution in [1.82, 2.24) is 0 Å². The number of ether oxygens (including phenoxy) is 1. The molecule has 1 aromatic rings. The van der Waals surface area contributed by atoms with Crippen LogP contribution in [0.2, 0.25) is 0 Å². The van der Waals surface area contributed by atoms with Crippen molar-refractivity contribution in [1.29, 1.82) is 0 Å². The number of benzene rings is 1. The van der Waals surface area contributed by atoms with E-state index in [4.69, 9.17) is 4.74 Å². The van der Waals surface area contributed by atoms with E-state index in [1.165, 1.54) is 32.1 Å². The molecule has 4 nitrogen and oxygen atoms in total. The van der Waals surface area contributed by atoms with Crippen molar-refractivity contribution >= 4 is 6.47 Å². The van der Waals surface area contributed by atoms with Crippen molar-refractivity contribution in [3.05, 3.63) is 23.3 Å². The molecule has 4 heteroatoms. The minimum atomic E-state index is -0.202. The maximum Gasteiger partial charge on any atom is 0.293 e. The van der Waals surface area contributed by atoms with E-state index < -0.39 is 0 Å². The summed E-state index contributed by atoms with van der Waals surface area (Å²) in [5.74, 6) is 0.105. The van der Waals surface area contributed by atoms with Crippen molar-refractivity contribution in [2.75, 3.05) is 0 Å². The van der Waals surface area contributed by atoms with Gasteiger partial charge in [-0.3, -0.25) is 4.79 Å². The second-order valence-electron chi connectivity index (χ2n) is 9.06. The standard InChI is InChI=1S/C23H34O4/c1-22(13-14-22)11-5-2-3-7-18-9-10-19(21(26)20(18)25)8-4-6-12-23(15-16-23)27-17-24/h9-10,17,25-26H,2-8,11-16H2,1H3. The number of hydrogen-bond donors (Lipinski definition) is 2. The first-order valence-corrected chi connectivity index (χ1v) is 10.6. The van der Waals surface area contributed by atoms with Crippen LogP contribution in [-0.2, 0) is 22.4 Å². The van der Waals surface area contributed by atoms with Crippen LogP contribution in [0, 0.1) is 5.41 Å². The van der Waals surface area contributed by atoms with Crippen LogP contribution in [0.25, 0.3) is 0 Å². The number of unbranched alkanes of at least 4 members (excludes halogenated alkanes) is 3. The molecule has 2 N–H and O–H groups in total. The summed E-state index contributed by atoms with van der Waals surface area (Å²) in [5.41, 5.74) is 2.08. The third-order valence-electron chi connectivity index (χ3n) is 6.58. The van der Waals surface area contributed by atoms with Crippen molar-refractivity contribution in [2.24, 2.45) is 5.41 Å². The van der Waals surface area contributed by atoms with E-state index in [-0.39, 0.29) is 17.1 Å². The predicted octanol–water partition coefficient (Wildman–Crippen LogP) is 5.42. The SMILES string of the molecule is CC1(CCCCCc2ccc(CCCCC3(OC=O)CC3)c(O)c2O)CC1. The first-order valence-electron chi connectivity index (χ1n) is 10.6. The lowest BCUT2D eigenvalue weighted by atomic mass is 9.97. The third kappa shape index (κ3) is 5.63. The van der Waals surface area contributed by atoms with Crippen LogP contribution in [0.4, 0.5) is 0 Å². The molecule has 2 saturated carbocycles. The number of carbonyl (C=O) groups is 1. The van der Waals surface area contributed by atoms with Crippen LogP contribution in [0.1, 0.15) is 88.7 Å². The fourth-order valence-corrected chi connectivity index (χ4v) is 4.00. The molecule has 0 heterocycles. The summed E-state index contributed by atoms with van der Waals surface area (Å²) in [6.07, 6.45) is 13.8. The maximum absolute atomic E-state index is 10.5. The highest BCUT2D eigenvalue weighted by molar-refractivity contribution is 5.50. The van der Waals surface area contributed by atoms with Crippen LogP contribution >= 0.6 is 0 Å². The van der Waals surface area contributed by atoms with E-state index in [0.29, 0.717) is 11.9 Å². The molecular weight excluding hydrogens is 340 g/mol. The Hall–Kier alpha value is -1.71. The molecule has 0 aromatic heterocycles. The van der Waals surface area contributed by atoms with Gasteiger partial charge in [0.05, 0.1) is 0 Å². The molecule has 0 atom stereocenters. The van der Waals surface area contributed by atoms with Gasteiger partial charge in [0, 0.05) is 0 Å². The fraction of sp³-hybridized carbons (Fsp3) is 0.696. The van der Waals surface area contributed by atoms with E-state index in [2.05, 4.69) is 6.92 Å². The Labute approximate surface area is 162 Å². The average molecular weight is 375 g/mol. The Balaban J connectivity index is 1.38. The van der Waals surface area contributed by atoms with Gasteiger partial charge in [0.1, 0.15) is 5.60 Å². The highest BCUT2D eigenvalue weighted by Crippen LogP contribution is 2.49. The number of rotatable bonds is 13. The lowest BCUT2D eigenvalue weighted by Crippen LogP contribution is -2.12. The number of phenols is 2. The Bertz CT molecular complexity index is 644. The van der Waals surface area contributed by atoms with Crippen LogP contribution in [0.3, 0.4) is 0 Å². The van der Waals surface area contributed by atoms with Gasteiger partial charge in [0.15, 0.2) is 11.5 Å². The van der Waals surface area contributed by atoms with Crippen LogP contribution in [0.5, 0.6) is 11.5 Å². The Morgan fingerprint density at radius 2 is 1.44 bits per heavy atom. The van der Waals surface area contributed by atoms with Crippen LogP contribution in [-0.4, -0.2) is 22.3 Å². The number of aryl methyl sites for hydroxylation is 2. The smallest absolute Gasteiger partial charge is 0.293 e. The molecule has 2 fully saturated rings. The van der Waals surface area contributed by atoms with Crippen molar-refractivity contribution < 1.29 is 19.7 Å². The van der Waals surface area contributed by atoms with Gasteiger partial charge < -0.3 is 14.9 Å². The van der Waals surface area contributed by atoms with Gasteiger partial charge in [-0.05, 0) is 87.2 Å². The molecule has 0 amide bonds. The van der Waals surface area contributed by atoms with Crippen molar-refractivity contribution in [2.45, 2.75) is 96.0 Å². The van der Waals surface area contributed by atoms with Crippen LogP contribution in [0.15, 0.2) is 12.1 Å². The average Bonchev–Trinajstić information content (AvgIpc) is 3.56. The zero-order chi connectivity index (χ0) is 19.3. The van der Waals surface area contributed by atoms with Crippen molar-refractivity contribution in [3.8, 4) is 11.5 Å². The zero-order valence-corrected chi connectivity index (χ0v) is 16.6. The van der Waals surface area contributed by atoms with Gasteiger partial charge >= 0.3 is 0 Å². The molecule has 0 unspecified atom stereocenters. The minimum Gasteiger partial charge on any atom is -0.504 e. The molecule has 27 heavy (non-hydrogen) atoms. The molecule has 0 spiro atoms. The lowest BCUT2D eigenvalue weighted by molar-refractivity contribution is -0.135. The molecule has 2 aliphatic carbocycles. The Morgan fingerprint density at radius 3 is 1.96 bits per heavy atom. The number of carbonyl (C=O) groups excluding carboxylic acids is 1. The topological polar surface area (TPSA) is 66.8 Å². The quantitative estimate of drug-likeness (QED) is 0.275. The number of aromatic hydroxyl groups is 2. The molecule has 150 valence electrons. The largest absolute Gasteiger partial charge is 0.504 e. The van der Waals surface area contributed by atoms with Gasteiger partial charge in [0.2, 0.25) is 0 Å². The van der Waals surface area contributed by atoms with Crippen LogP contribution < -0.4 is 0 Å². The first kappa shape index (κ1) is 20.0. The maximum atomic E-state index is 10.5. The minimum absolute atomic E-state index is 0.0447. The number of phenolic OH excluding ortho intramolecular Hbond substituents is 2. The van der Waals surface area contributed by atoms with E-state index in [9.17, 15) is 15.0 Å². The third-order valence-corrected chi connectivity index (χ3v) is 6.58. The second-order valence-corrected chi connectivity index (χ2v) is 9.06. The highest BCUT2D eigenvalue weighted by atomic mass is 16.5. The van der Waals surface area contributed by atoms with E-state index >= 15 is 0 Å². The highest BCUT2D eigenvalue weighted by Gasteiger charge is 2.44. The van der Waals surface area contributed by atoms with Gasteiger partial charge in [-0.15, -0.1) is 0 Å². The van der Waals surface area contributed by atoms with E-state index in [1.807, 2.05) is 12.1 Å².